The standard InChI is InChI=1S/C6H13N3O/c7-5-3-9-2-1-4(5)6(8)10/h4-5,9H,1-3,7H2,(H2,8,10). The van der Waals surface area contributed by atoms with E-state index in [0.717, 1.165) is 13.0 Å². The van der Waals surface area contributed by atoms with Crippen molar-refractivity contribution in [1.82, 2.24) is 5.32 Å². The Morgan fingerprint density at radius 1 is 1.60 bits per heavy atom. The Hall–Kier alpha value is -0.610. The maximum atomic E-state index is 10.7. The van der Waals surface area contributed by atoms with E-state index in [9.17, 15) is 4.79 Å². The molecule has 1 aliphatic heterocycles. The van der Waals surface area contributed by atoms with Crippen LogP contribution in [0.25, 0.3) is 0 Å². The van der Waals surface area contributed by atoms with Crippen LogP contribution in [0.2, 0.25) is 0 Å². The lowest BCUT2D eigenvalue weighted by atomic mass is 9.93. The molecule has 1 rings (SSSR count). The summed E-state index contributed by atoms with van der Waals surface area (Å²) in [6, 6.07) is -0.0914. The molecule has 58 valence electrons. The van der Waals surface area contributed by atoms with Crippen molar-refractivity contribution >= 4 is 5.91 Å². The van der Waals surface area contributed by atoms with Crippen molar-refractivity contribution in [1.29, 1.82) is 0 Å². The van der Waals surface area contributed by atoms with Crippen molar-refractivity contribution in [3.05, 3.63) is 0 Å². The molecule has 1 amide bonds. The van der Waals surface area contributed by atoms with Crippen molar-refractivity contribution in [3.8, 4) is 0 Å². The van der Waals surface area contributed by atoms with E-state index in [1.54, 1.807) is 0 Å². The average molecular weight is 143 g/mol. The Labute approximate surface area is 59.9 Å². The molecule has 2 atom stereocenters. The van der Waals surface area contributed by atoms with Crippen LogP contribution in [0.1, 0.15) is 6.42 Å². The minimum absolute atomic E-state index is 0.0914. The molecule has 4 heteroatoms. The van der Waals surface area contributed by atoms with Gasteiger partial charge in [0.25, 0.3) is 0 Å². The summed E-state index contributed by atoms with van der Waals surface area (Å²) in [4.78, 5) is 10.7. The van der Waals surface area contributed by atoms with Gasteiger partial charge in [-0.05, 0) is 13.0 Å². The van der Waals surface area contributed by atoms with Crippen LogP contribution < -0.4 is 16.8 Å². The summed E-state index contributed by atoms with van der Waals surface area (Å²) in [6.07, 6.45) is 0.774. The topological polar surface area (TPSA) is 81.1 Å². The zero-order valence-electron chi connectivity index (χ0n) is 5.84. The smallest absolute Gasteiger partial charge is 0.222 e. The first-order valence-electron chi connectivity index (χ1n) is 3.47. The average Bonchev–Trinajstić information content (AvgIpc) is 1.88. The molecule has 0 aliphatic carbocycles. The highest BCUT2D eigenvalue weighted by Gasteiger charge is 2.25. The first-order chi connectivity index (χ1) is 4.72. The SMILES string of the molecule is NC(=O)C1CCNCC1N. The zero-order valence-corrected chi connectivity index (χ0v) is 5.84. The van der Waals surface area contributed by atoms with E-state index >= 15 is 0 Å². The predicted molar refractivity (Wildman–Crippen MR) is 38.1 cm³/mol. The van der Waals surface area contributed by atoms with Gasteiger partial charge in [0.05, 0.1) is 5.92 Å². The maximum absolute atomic E-state index is 10.7. The molecule has 4 nitrogen and oxygen atoms in total. The number of carbonyl (C=O) groups is 1. The highest BCUT2D eigenvalue weighted by atomic mass is 16.1. The van der Waals surface area contributed by atoms with Crippen LogP contribution in [0, 0.1) is 5.92 Å². The number of nitrogens with two attached hydrogens (primary N) is 2. The van der Waals surface area contributed by atoms with Crippen LogP contribution >= 0.6 is 0 Å². The van der Waals surface area contributed by atoms with Crippen molar-refractivity contribution in [2.45, 2.75) is 12.5 Å². The number of amides is 1. The van der Waals surface area contributed by atoms with Crippen LogP contribution in [0.15, 0.2) is 0 Å². The highest BCUT2D eigenvalue weighted by Crippen LogP contribution is 2.08. The van der Waals surface area contributed by atoms with Gasteiger partial charge >= 0.3 is 0 Å². The van der Waals surface area contributed by atoms with Gasteiger partial charge < -0.3 is 16.8 Å². The molecule has 0 aromatic heterocycles. The number of primary amides is 1. The molecule has 5 N–H and O–H groups in total. The molecule has 10 heavy (non-hydrogen) atoms. The molecule has 1 saturated heterocycles. The summed E-state index contributed by atoms with van der Waals surface area (Å²) in [5.74, 6) is -0.393. The van der Waals surface area contributed by atoms with Crippen molar-refractivity contribution in [2.75, 3.05) is 13.1 Å². The molecule has 1 fully saturated rings. The van der Waals surface area contributed by atoms with Crippen LogP contribution in [-0.2, 0) is 4.79 Å². The van der Waals surface area contributed by atoms with E-state index in [1.165, 1.54) is 0 Å². The van der Waals surface area contributed by atoms with Crippen LogP contribution in [0.3, 0.4) is 0 Å². The summed E-state index contributed by atoms with van der Waals surface area (Å²) >= 11 is 0. The number of piperidine rings is 1. The van der Waals surface area contributed by atoms with Gasteiger partial charge in [-0.2, -0.15) is 0 Å². The monoisotopic (exact) mass is 143 g/mol. The minimum Gasteiger partial charge on any atom is -0.369 e. The van der Waals surface area contributed by atoms with Gasteiger partial charge in [0.1, 0.15) is 0 Å². The van der Waals surface area contributed by atoms with Gasteiger partial charge in [0.15, 0.2) is 0 Å². The molecular formula is C6H13N3O. The summed E-state index contributed by atoms with van der Waals surface area (Å²) in [7, 11) is 0. The predicted octanol–water partition coefficient (Wildman–Crippen LogP) is -1.59. The molecule has 0 aromatic carbocycles. The second kappa shape index (κ2) is 2.98. The Morgan fingerprint density at radius 2 is 2.30 bits per heavy atom. The van der Waals surface area contributed by atoms with Crippen LogP contribution in [0.5, 0.6) is 0 Å². The summed E-state index contributed by atoms with van der Waals surface area (Å²) in [5, 5.41) is 3.09. The maximum Gasteiger partial charge on any atom is 0.222 e. The number of nitrogens with one attached hydrogen (secondary N) is 1. The first kappa shape index (κ1) is 7.50. The van der Waals surface area contributed by atoms with Gasteiger partial charge in [0, 0.05) is 12.6 Å². The molecule has 1 aliphatic rings. The van der Waals surface area contributed by atoms with E-state index in [4.69, 9.17) is 11.5 Å². The first-order valence-corrected chi connectivity index (χ1v) is 3.47. The van der Waals surface area contributed by atoms with Crippen molar-refractivity contribution < 1.29 is 4.79 Å². The lowest BCUT2D eigenvalue weighted by Gasteiger charge is -2.26. The van der Waals surface area contributed by atoms with E-state index < -0.39 is 0 Å². The van der Waals surface area contributed by atoms with Gasteiger partial charge in [-0.1, -0.05) is 0 Å². The van der Waals surface area contributed by atoms with E-state index in [0.29, 0.717) is 6.54 Å². The Bertz CT molecular complexity index is 137. The van der Waals surface area contributed by atoms with Gasteiger partial charge in [0.2, 0.25) is 5.91 Å². The van der Waals surface area contributed by atoms with Crippen molar-refractivity contribution in [2.24, 2.45) is 17.4 Å². The van der Waals surface area contributed by atoms with E-state index in [-0.39, 0.29) is 17.9 Å². The van der Waals surface area contributed by atoms with E-state index in [1.807, 2.05) is 0 Å². The molecular weight excluding hydrogens is 130 g/mol. The minimum atomic E-state index is -0.269. The summed E-state index contributed by atoms with van der Waals surface area (Å²) in [6.45, 7) is 1.55. The van der Waals surface area contributed by atoms with E-state index in [2.05, 4.69) is 5.32 Å². The van der Waals surface area contributed by atoms with Crippen molar-refractivity contribution in [3.63, 3.8) is 0 Å². The molecule has 0 spiro atoms. The second-order valence-electron chi connectivity index (χ2n) is 2.67. The fourth-order valence-corrected chi connectivity index (χ4v) is 1.24. The van der Waals surface area contributed by atoms with Gasteiger partial charge in [-0.25, -0.2) is 0 Å². The lowest BCUT2D eigenvalue weighted by Crippen LogP contribution is -2.50. The van der Waals surface area contributed by atoms with Crippen LogP contribution in [-0.4, -0.2) is 25.0 Å². The third kappa shape index (κ3) is 1.46. The molecule has 1 heterocycles. The third-order valence-electron chi connectivity index (χ3n) is 1.89. The normalized spacial score (nSPS) is 33.7. The van der Waals surface area contributed by atoms with Gasteiger partial charge in [-0.3, -0.25) is 4.79 Å². The Kier molecular flexibility index (Phi) is 2.24. The number of carbonyl (C=O) groups excluding carboxylic acids is 1. The molecule has 0 bridgehead atoms. The highest BCUT2D eigenvalue weighted by molar-refractivity contribution is 5.77. The fourth-order valence-electron chi connectivity index (χ4n) is 1.24. The second-order valence-corrected chi connectivity index (χ2v) is 2.67. The Balaban J connectivity index is 2.47. The number of hydrogen-bond donors (Lipinski definition) is 3. The summed E-state index contributed by atoms with van der Waals surface area (Å²) < 4.78 is 0. The molecule has 0 saturated carbocycles. The summed E-state index contributed by atoms with van der Waals surface area (Å²) in [5.41, 5.74) is 10.7. The number of rotatable bonds is 1. The van der Waals surface area contributed by atoms with Gasteiger partial charge in [-0.15, -0.1) is 0 Å². The lowest BCUT2D eigenvalue weighted by molar-refractivity contribution is -0.122. The van der Waals surface area contributed by atoms with Crippen LogP contribution in [0.4, 0.5) is 0 Å². The zero-order chi connectivity index (χ0) is 7.56. The molecule has 2 unspecified atom stereocenters. The molecule has 0 aromatic rings. The largest absolute Gasteiger partial charge is 0.369 e. The quantitative estimate of drug-likeness (QED) is 0.414. The fraction of sp³-hybridized carbons (Fsp3) is 0.833. The third-order valence-corrected chi connectivity index (χ3v) is 1.89. The molecule has 0 radical (unpaired) electrons. The Morgan fingerprint density at radius 3 is 2.70 bits per heavy atom. The number of hydrogen-bond acceptors (Lipinski definition) is 3.